The normalized spacial score (nSPS) is 11.5. The van der Waals surface area contributed by atoms with Gasteiger partial charge in [-0.3, -0.25) is 0 Å². The molecule has 2 rings (SSSR count). The first-order valence-electron chi connectivity index (χ1n) is 9.56. The van der Waals surface area contributed by atoms with Crippen LogP contribution in [-0.4, -0.2) is 18.2 Å². The molecule has 0 atom stereocenters. The number of ether oxygens (including phenoxy) is 1. The number of carbonyl (C=O) groups excluding carboxylic acids is 1. The molecule has 1 N–H and O–H groups in total. The Bertz CT molecular complexity index is 888. The minimum atomic E-state index is -0.487. The minimum Gasteiger partial charge on any atom is -0.507 e. The van der Waals surface area contributed by atoms with Gasteiger partial charge in [-0.2, -0.15) is 0 Å². The van der Waals surface area contributed by atoms with Gasteiger partial charge in [0.25, 0.3) is 0 Å². The van der Waals surface area contributed by atoms with E-state index in [0.29, 0.717) is 16.5 Å². The van der Waals surface area contributed by atoms with Crippen molar-refractivity contribution in [2.24, 2.45) is 5.41 Å². The molecule has 28 heavy (non-hydrogen) atoms. The number of phenolic OH excluding ortho intramolecular Hbond substituents is 1. The summed E-state index contributed by atoms with van der Waals surface area (Å²) in [5.41, 5.74) is 3.39. The van der Waals surface area contributed by atoms with Crippen molar-refractivity contribution in [3.63, 3.8) is 0 Å². The van der Waals surface area contributed by atoms with Crippen molar-refractivity contribution in [3.05, 3.63) is 64.7 Å². The Balaban J connectivity index is 2.14. The van der Waals surface area contributed by atoms with Crippen molar-refractivity contribution < 1.29 is 14.6 Å². The van der Waals surface area contributed by atoms with Gasteiger partial charge in [-0.15, -0.1) is 0 Å². The highest BCUT2D eigenvalue weighted by Gasteiger charge is 2.23. The van der Waals surface area contributed by atoms with E-state index in [1.165, 1.54) is 25.2 Å². The zero-order valence-corrected chi connectivity index (χ0v) is 17.7. The molecule has 0 fully saturated rings. The SMILES string of the molecule is COC(=O)c1ccc(C#Cc2ccc(C(C)(C)CCC(C)(C)C)cc2)c(O)c1. The number of hydrogen-bond donors (Lipinski definition) is 1. The number of aromatic hydroxyl groups is 1. The van der Waals surface area contributed by atoms with Crippen LogP contribution >= 0.6 is 0 Å². The fourth-order valence-corrected chi connectivity index (χ4v) is 2.86. The molecule has 0 radical (unpaired) electrons. The van der Waals surface area contributed by atoms with Crippen LogP contribution in [0.4, 0.5) is 0 Å². The van der Waals surface area contributed by atoms with Gasteiger partial charge in [-0.25, -0.2) is 4.79 Å². The van der Waals surface area contributed by atoms with Crippen LogP contribution in [0.3, 0.4) is 0 Å². The summed E-state index contributed by atoms with van der Waals surface area (Å²) in [6, 6.07) is 12.9. The maximum atomic E-state index is 11.5. The van der Waals surface area contributed by atoms with E-state index in [0.717, 1.165) is 12.0 Å². The smallest absolute Gasteiger partial charge is 0.337 e. The predicted molar refractivity (Wildman–Crippen MR) is 114 cm³/mol. The summed E-state index contributed by atoms with van der Waals surface area (Å²) in [7, 11) is 1.31. The highest BCUT2D eigenvalue weighted by molar-refractivity contribution is 5.90. The highest BCUT2D eigenvalue weighted by atomic mass is 16.5. The maximum Gasteiger partial charge on any atom is 0.337 e. The van der Waals surface area contributed by atoms with E-state index in [-0.39, 0.29) is 11.2 Å². The molecule has 0 bridgehead atoms. The summed E-state index contributed by atoms with van der Waals surface area (Å²) in [6.45, 7) is 11.4. The average Bonchev–Trinajstić information content (AvgIpc) is 2.64. The van der Waals surface area contributed by atoms with E-state index in [4.69, 9.17) is 0 Å². The van der Waals surface area contributed by atoms with Crippen LogP contribution in [0.2, 0.25) is 0 Å². The van der Waals surface area contributed by atoms with Gasteiger partial charge in [0.05, 0.1) is 18.2 Å². The Morgan fingerprint density at radius 3 is 2.14 bits per heavy atom. The monoisotopic (exact) mass is 378 g/mol. The van der Waals surface area contributed by atoms with E-state index in [9.17, 15) is 9.90 Å². The minimum absolute atomic E-state index is 0.0321. The first kappa shape index (κ1) is 21.6. The van der Waals surface area contributed by atoms with Crippen molar-refractivity contribution in [2.75, 3.05) is 7.11 Å². The molecule has 0 aliphatic heterocycles. The molecule has 0 saturated carbocycles. The van der Waals surface area contributed by atoms with Crippen LogP contribution in [0.25, 0.3) is 0 Å². The van der Waals surface area contributed by atoms with Crippen LogP contribution in [0.5, 0.6) is 5.75 Å². The number of phenols is 1. The Hall–Kier alpha value is -2.73. The molecule has 0 aromatic heterocycles. The Kier molecular flexibility index (Phi) is 6.56. The Labute approximate surface area is 168 Å². The Morgan fingerprint density at radius 1 is 0.964 bits per heavy atom. The first-order chi connectivity index (χ1) is 13.0. The molecule has 0 unspecified atom stereocenters. The lowest BCUT2D eigenvalue weighted by Gasteiger charge is -2.29. The number of carbonyl (C=O) groups is 1. The topological polar surface area (TPSA) is 46.5 Å². The average molecular weight is 379 g/mol. The quantitative estimate of drug-likeness (QED) is 0.550. The molecule has 0 aliphatic carbocycles. The van der Waals surface area contributed by atoms with Crippen molar-refractivity contribution in [2.45, 2.75) is 52.9 Å². The molecule has 2 aromatic rings. The van der Waals surface area contributed by atoms with Gasteiger partial charge in [-0.05, 0) is 59.6 Å². The third-order valence-corrected chi connectivity index (χ3v) is 4.93. The lowest BCUT2D eigenvalue weighted by atomic mass is 9.76. The van der Waals surface area contributed by atoms with Crippen molar-refractivity contribution in [3.8, 4) is 17.6 Å². The summed E-state index contributed by atoms with van der Waals surface area (Å²) in [4.78, 5) is 11.5. The Morgan fingerprint density at radius 2 is 1.61 bits per heavy atom. The van der Waals surface area contributed by atoms with Gasteiger partial charge in [-0.1, -0.05) is 58.6 Å². The van der Waals surface area contributed by atoms with Crippen LogP contribution in [0.15, 0.2) is 42.5 Å². The number of hydrogen-bond acceptors (Lipinski definition) is 3. The summed E-state index contributed by atoms with van der Waals surface area (Å²) in [5, 5.41) is 10.1. The zero-order chi connectivity index (χ0) is 20.9. The fourth-order valence-electron chi connectivity index (χ4n) is 2.86. The van der Waals surface area contributed by atoms with E-state index in [1.807, 2.05) is 12.1 Å². The number of benzene rings is 2. The van der Waals surface area contributed by atoms with Crippen LogP contribution in [0, 0.1) is 17.3 Å². The summed E-state index contributed by atoms with van der Waals surface area (Å²) in [5.74, 6) is 5.52. The lowest BCUT2D eigenvalue weighted by molar-refractivity contribution is 0.0600. The van der Waals surface area contributed by atoms with Gasteiger partial charge < -0.3 is 9.84 Å². The zero-order valence-electron chi connectivity index (χ0n) is 17.7. The first-order valence-corrected chi connectivity index (χ1v) is 9.56. The van der Waals surface area contributed by atoms with Gasteiger partial charge in [0, 0.05) is 5.56 Å². The highest BCUT2D eigenvalue weighted by Crippen LogP contribution is 2.33. The maximum absolute atomic E-state index is 11.5. The van der Waals surface area contributed by atoms with E-state index >= 15 is 0 Å². The summed E-state index contributed by atoms with van der Waals surface area (Å²) >= 11 is 0. The molecular weight excluding hydrogens is 348 g/mol. The molecule has 2 aromatic carbocycles. The second-order valence-electron chi connectivity index (χ2n) is 9.00. The largest absolute Gasteiger partial charge is 0.507 e. The van der Waals surface area contributed by atoms with Gasteiger partial charge in [0.2, 0.25) is 0 Å². The second kappa shape index (κ2) is 8.52. The standard InChI is InChI=1S/C25H30O3/c1-24(2,3)15-16-25(4,5)21-13-8-18(9-14-21)7-10-19-11-12-20(17-22(19)26)23(27)28-6/h8-9,11-14,17,26H,15-16H2,1-6H3. The lowest BCUT2D eigenvalue weighted by Crippen LogP contribution is -2.20. The van der Waals surface area contributed by atoms with Crippen molar-refractivity contribution >= 4 is 5.97 Å². The number of methoxy groups -OCH3 is 1. The predicted octanol–water partition coefficient (Wildman–Crippen LogP) is 5.68. The fraction of sp³-hybridized carbons (Fsp3) is 0.400. The van der Waals surface area contributed by atoms with Crippen LogP contribution < -0.4 is 0 Å². The van der Waals surface area contributed by atoms with Crippen LogP contribution in [0.1, 0.15) is 74.5 Å². The molecule has 0 amide bonds. The summed E-state index contributed by atoms with van der Waals surface area (Å²) in [6.07, 6.45) is 2.30. The van der Waals surface area contributed by atoms with E-state index in [2.05, 4.69) is 63.3 Å². The second-order valence-corrected chi connectivity index (χ2v) is 9.00. The van der Waals surface area contributed by atoms with Crippen molar-refractivity contribution in [1.29, 1.82) is 0 Å². The number of esters is 1. The molecule has 0 aliphatic rings. The molecule has 3 nitrogen and oxygen atoms in total. The van der Waals surface area contributed by atoms with E-state index in [1.54, 1.807) is 12.1 Å². The van der Waals surface area contributed by atoms with E-state index < -0.39 is 5.97 Å². The van der Waals surface area contributed by atoms with Gasteiger partial charge in [0.1, 0.15) is 5.75 Å². The summed E-state index contributed by atoms with van der Waals surface area (Å²) < 4.78 is 4.65. The molecule has 3 heteroatoms. The third kappa shape index (κ3) is 5.89. The molecule has 148 valence electrons. The molecular formula is C25H30O3. The van der Waals surface area contributed by atoms with Gasteiger partial charge >= 0.3 is 5.97 Å². The molecule has 0 heterocycles. The molecule has 0 saturated heterocycles. The van der Waals surface area contributed by atoms with Crippen molar-refractivity contribution in [1.82, 2.24) is 0 Å². The third-order valence-electron chi connectivity index (χ3n) is 4.93. The molecule has 0 spiro atoms. The van der Waals surface area contributed by atoms with Crippen LogP contribution in [-0.2, 0) is 10.2 Å². The van der Waals surface area contributed by atoms with Gasteiger partial charge in [0.15, 0.2) is 0 Å². The number of rotatable bonds is 4.